The highest BCUT2D eigenvalue weighted by atomic mass is 14.3. The van der Waals surface area contributed by atoms with Crippen LogP contribution in [0.2, 0.25) is 0 Å². The van der Waals surface area contributed by atoms with E-state index in [1.54, 1.807) is 0 Å². The highest BCUT2D eigenvalue weighted by molar-refractivity contribution is 5.49. The normalized spacial score (nSPS) is 19.9. The minimum absolute atomic E-state index is 0.284. The Bertz CT molecular complexity index is 747. The summed E-state index contributed by atoms with van der Waals surface area (Å²) < 4.78 is 0. The second-order valence-corrected chi connectivity index (χ2v) is 5.42. The lowest BCUT2D eigenvalue weighted by molar-refractivity contribution is 0.557. The van der Waals surface area contributed by atoms with Gasteiger partial charge in [0.15, 0.2) is 0 Å². The molecule has 1 aliphatic rings. The van der Waals surface area contributed by atoms with Crippen LogP contribution in [0.1, 0.15) is 40.7 Å². The van der Waals surface area contributed by atoms with Gasteiger partial charge in [-0.3, -0.25) is 0 Å². The van der Waals surface area contributed by atoms with Crippen molar-refractivity contribution in [2.75, 3.05) is 0 Å². The Hall–Kier alpha value is -2.58. The van der Waals surface area contributed by atoms with Crippen molar-refractivity contribution >= 4 is 0 Å². The summed E-state index contributed by atoms with van der Waals surface area (Å²) in [6.07, 6.45) is 1.03. The van der Waals surface area contributed by atoms with E-state index in [2.05, 4.69) is 31.2 Å². The Balaban J connectivity index is 2.12. The van der Waals surface area contributed by atoms with Crippen LogP contribution in [0.5, 0.6) is 0 Å². The van der Waals surface area contributed by atoms with Crippen LogP contribution in [0.3, 0.4) is 0 Å². The molecular formula is C18H14N2. The molecule has 0 radical (unpaired) electrons. The van der Waals surface area contributed by atoms with Crippen molar-refractivity contribution in [3.8, 4) is 12.1 Å². The van der Waals surface area contributed by atoms with Gasteiger partial charge >= 0.3 is 0 Å². The third kappa shape index (κ3) is 1.96. The molecule has 0 bridgehead atoms. The molecule has 2 aromatic carbocycles. The molecule has 2 nitrogen and oxygen atoms in total. The van der Waals surface area contributed by atoms with E-state index in [0.29, 0.717) is 17.0 Å². The van der Waals surface area contributed by atoms with Crippen molar-refractivity contribution in [3.05, 3.63) is 70.3 Å². The maximum absolute atomic E-state index is 9.08. The van der Waals surface area contributed by atoms with Crippen LogP contribution in [-0.2, 0) is 6.42 Å². The van der Waals surface area contributed by atoms with Gasteiger partial charge in [0.05, 0.1) is 23.3 Å². The van der Waals surface area contributed by atoms with E-state index in [-0.39, 0.29) is 5.92 Å². The first kappa shape index (κ1) is 12.5. The van der Waals surface area contributed by atoms with Gasteiger partial charge in [0.2, 0.25) is 0 Å². The van der Waals surface area contributed by atoms with Crippen molar-refractivity contribution < 1.29 is 0 Å². The van der Waals surface area contributed by atoms with Gasteiger partial charge in [-0.15, -0.1) is 0 Å². The molecule has 0 aliphatic heterocycles. The minimum Gasteiger partial charge on any atom is -0.192 e. The Labute approximate surface area is 118 Å². The smallest absolute Gasteiger partial charge is 0.0991 e. The van der Waals surface area contributed by atoms with Crippen LogP contribution in [0.4, 0.5) is 0 Å². The highest BCUT2D eigenvalue weighted by Crippen LogP contribution is 2.42. The Morgan fingerprint density at radius 3 is 2.50 bits per heavy atom. The SMILES string of the molecule is C[C@H]1Cc2ccc(C#N)cc2[C@@H]1c1cccc(C#N)c1. The zero-order valence-electron chi connectivity index (χ0n) is 11.3. The molecule has 3 rings (SSSR count). The Morgan fingerprint density at radius 2 is 1.75 bits per heavy atom. The number of hydrogen-bond donors (Lipinski definition) is 0. The number of nitrogens with zero attached hydrogens (tertiary/aromatic N) is 2. The topological polar surface area (TPSA) is 47.6 Å². The summed E-state index contributed by atoms with van der Waals surface area (Å²) in [4.78, 5) is 0. The molecule has 0 saturated carbocycles. The van der Waals surface area contributed by atoms with Crippen LogP contribution in [0, 0.1) is 28.6 Å². The molecule has 2 aromatic rings. The molecule has 0 spiro atoms. The molecular weight excluding hydrogens is 244 g/mol. The number of nitriles is 2. The summed E-state index contributed by atoms with van der Waals surface area (Å²) in [5.41, 5.74) is 5.14. The van der Waals surface area contributed by atoms with Crippen LogP contribution in [0.15, 0.2) is 42.5 Å². The number of fused-ring (bicyclic) bond motifs is 1. The highest BCUT2D eigenvalue weighted by Gasteiger charge is 2.30. The fourth-order valence-electron chi connectivity index (χ4n) is 3.22. The molecule has 2 atom stereocenters. The first-order valence-electron chi connectivity index (χ1n) is 6.76. The van der Waals surface area contributed by atoms with Crippen molar-refractivity contribution in [1.82, 2.24) is 0 Å². The second kappa shape index (κ2) is 4.83. The van der Waals surface area contributed by atoms with E-state index in [4.69, 9.17) is 10.5 Å². The van der Waals surface area contributed by atoms with Gasteiger partial charge in [0, 0.05) is 5.92 Å². The van der Waals surface area contributed by atoms with Gasteiger partial charge in [-0.1, -0.05) is 25.1 Å². The van der Waals surface area contributed by atoms with Gasteiger partial charge < -0.3 is 0 Å². The fourth-order valence-corrected chi connectivity index (χ4v) is 3.22. The average Bonchev–Trinajstić information content (AvgIpc) is 2.82. The standard InChI is InChI=1S/C18H14N2/c1-12-7-15-6-5-14(11-20)9-17(15)18(12)16-4-2-3-13(8-16)10-19/h2-6,8-9,12,18H,7H2,1H3/t12-,18-/m0/s1. The predicted octanol–water partition coefficient (Wildman–Crippen LogP) is 3.75. The number of benzene rings is 2. The number of hydrogen-bond acceptors (Lipinski definition) is 2. The zero-order valence-corrected chi connectivity index (χ0v) is 11.3. The zero-order chi connectivity index (χ0) is 14.1. The predicted molar refractivity (Wildman–Crippen MR) is 77.0 cm³/mol. The lowest BCUT2D eigenvalue weighted by atomic mass is 9.86. The largest absolute Gasteiger partial charge is 0.192 e. The third-order valence-corrected chi connectivity index (χ3v) is 4.10. The molecule has 0 aromatic heterocycles. The first-order chi connectivity index (χ1) is 9.72. The molecule has 0 amide bonds. The van der Waals surface area contributed by atoms with E-state index >= 15 is 0 Å². The van der Waals surface area contributed by atoms with Crippen LogP contribution in [0.25, 0.3) is 0 Å². The van der Waals surface area contributed by atoms with Gasteiger partial charge in [0.25, 0.3) is 0 Å². The van der Waals surface area contributed by atoms with Crippen molar-refractivity contribution in [1.29, 1.82) is 10.5 Å². The Kier molecular flexibility index (Phi) is 3.01. The van der Waals surface area contributed by atoms with Gasteiger partial charge in [0.1, 0.15) is 0 Å². The molecule has 20 heavy (non-hydrogen) atoms. The molecule has 96 valence electrons. The first-order valence-corrected chi connectivity index (χ1v) is 6.76. The van der Waals surface area contributed by atoms with Gasteiger partial charge in [-0.25, -0.2) is 0 Å². The summed E-state index contributed by atoms with van der Waals surface area (Å²) in [5.74, 6) is 0.777. The maximum atomic E-state index is 9.08. The maximum Gasteiger partial charge on any atom is 0.0991 e. The quantitative estimate of drug-likeness (QED) is 0.782. The molecule has 0 saturated heterocycles. The molecule has 2 heteroatoms. The van der Waals surface area contributed by atoms with Crippen LogP contribution in [-0.4, -0.2) is 0 Å². The molecule has 0 heterocycles. The van der Waals surface area contributed by atoms with E-state index in [0.717, 1.165) is 6.42 Å². The molecule has 0 fully saturated rings. The lowest BCUT2D eigenvalue weighted by Gasteiger charge is -2.17. The third-order valence-electron chi connectivity index (χ3n) is 4.10. The second-order valence-electron chi connectivity index (χ2n) is 5.42. The Morgan fingerprint density at radius 1 is 1.00 bits per heavy atom. The van der Waals surface area contributed by atoms with E-state index in [1.807, 2.05) is 30.3 Å². The van der Waals surface area contributed by atoms with Crippen molar-refractivity contribution in [3.63, 3.8) is 0 Å². The van der Waals surface area contributed by atoms with E-state index in [9.17, 15) is 0 Å². The average molecular weight is 258 g/mol. The lowest BCUT2D eigenvalue weighted by Crippen LogP contribution is -2.05. The van der Waals surface area contributed by atoms with Gasteiger partial charge in [-0.05, 0) is 53.3 Å². The summed E-state index contributed by atoms with van der Waals surface area (Å²) >= 11 is 0. The summed E-state index contributed by atoms with van der Waals surface area (Å²) in [6.45, 7) is 2.23. The molecule has 0 unspecified atom stereocenters. The van der Waals surface area contributed by atoms with Crippen molar-refractivity contribution in [2.45, 2.75) is 19.3 Å². The summed E-state index contributed by atoms with van der Waals surface area (Å²) in [6, 6.07) is 18.2. The summed E-state index contributed by atoms with van der Waals surface area (Å²) in [5, 5.41) is 18.1. The van der Waals surface area contributed by atoms with Crippen LogP contribution < -0.4 is 0 Å². The number of rotatable bonds is 1. The van der Waals surface area contributed by atoms with E-state index < -0.39 is 0 Å². The minimum atomic E-state index is 0.284. The molecule has 0 N–H and O–H groups in total. The molecule has 1 aliphatic carbocycles. The van der Waals surface area contributed by atoms with Gasteiger partial charge in [-0.2, -0.15) is 10.5 Å². The van der Waals surface area contributed by atoms with Crippen LogP contribution >= 0.6 is 0 Å². The van der Waals surface area contributed by atoms with Crippen molar-refractivity contribution in [2.24, 2.45) is 5.92 Å². The fraction of sp³-hybridized carbons (Fsp3) is 0.222. The monoisotopic (exact) mass is 258 g/mol. The van der Waals surface area contributed by atoms with E-state index in [1.165, 1.54) is 16.7 Å². The summed E-state index contributed by atoms with van der Waals surface area (Å²) in [7, 11) is 0.